The van der Waals surface area contributed by atoms with Gasteiger partial charge in [0.15, 0.2) is 0 Å². The minimum Gasteiger partial charge on any atom is -0.459 e. The number of aromatic nitrogens is 2. The molecule has 0 saturated carbocycles. The second-order valence-corrected chi connectivity index (χ2v) is 25.7. The van der Waals surface area contributed by atoms with Crippen LogP contribution in [0.2, 0.25) is 0 Å². The smallest absolute Gasteiger partial charge is 0.257 e. The molecule has 0 bridgehead atoms. The highest BCUT2D eigenvalue weighted by Gasteiger charge is 2.50. The number of fused-ring (bicyclic) bond motifs is 21. The van der Waals surface area contributed by atoms with E-state index in [4.69, 9.17) is 14.2 Å². The van der Waals surface area contributed by atoms with Crippen LogP contribution in [0.25, 0.3) is 95.3 Å². The van der Waals surface area contributed by atoms with Crippen LogP contribution in [-0.2, 0) is 0 Å². The Morgan fingerprint density at radius 2 is 0.625 bits per heavy atom. The van der Waals surface area contributed by atoms with E-state index in [0.717, 1.165) is 95.1 Å². The van der Waals surface area contributed by atoms with Crippen LogP contribution < -0.4 is 63.4 Å². The van der Waals surface area contributed by atoms with Crippen LogP contribution in [0.3, 0.4) is 0 Å². The van der Waals surface area contributed by atoms with Gasteiger partial charge in [-0.15, -0.1) is 22.7 Å². The van der Waals surface area contributed by atoms with Crippen molar-refractivity contribution in [2.75, 3.05) is 0 Å². The summed E-state index contributed by atoms with van der Waals surface area (Å²) in [6.45, 7) is -0.940. The molecule has 3 aliphatic rings. The topological polar surface area (TPSA) is 37.6 Å². The van der Waals surface area contributed by atoms with Gasteiger partial charge in [-0.3, -0.25) is 0 Å². The van der Waals surface area contributed by atoms with Crippen molar-refractivity contribution in [1.82, 2.24) is 9.13 Å². The molecule has 0 fully saturated rings. The normalized spacial score (nSPS) is 13.2. The number of ether oxygens (including phenoxy) is 3. The Morgan fingerprint density at radius 3 is 1.14 bits per heavy atom. The summed E-state index contributed by atoms with van der Waals surface area (Å²) in [6, 6.07) is 100. The van der Waals surface area contributed by atoms with E-state index in [-0.39, 0.29) is 20.1 Å². The van der Waals surface area contributed by atoms with Crippen molar-refractivity contribution in [2.45, 2.75) is 0 Å². The maximum absolute atomic E-state index is 7.72. The first-order valence-electron chi connectivity index (χ1n) is 30.1. The van der Waals surface area contributed by atoms with E-state index in [1.807, 2.05) is 22.7 Å². The highest BCUT2D eigenvalue weighted by Crippen LogP contribution is 2.43. The summed E-state index contributed by atoms with van der Waals surface area (Å²) >= 11 is 3.74. The van der Waals surface area contributed by atoms with E-state index in [2.05, 4.69) is 282 Å². The van der Waals surface area contributed by atoms with Crippen LogP contribution in [-0.4, -0.2) is 29.3 Å². The predicted octanol–water partition coefficient (Wildman–Crippen LogP) is 14.5. The van der Waals surface area contributed by atoms with Crippen LogP contribution >= 0.6 is 22.7 Å². The lowest BCUT2D eigenvalue weighted by Gasteiger charge is -2.39. The van der Waals surface area contributed by atoms with E-state index in [0.29, 0.717) is 0 Å². The quantitative estimate of drug-likeness (QED) is 0.161. The molecule has 0 N–H and O–H groups in total. The molecule has 0 amide bonds. The number of thiophene rings is 2. The molecule has 0 radical (unpaired) electrons. The van der Waals surface area contributed by atoms with Crippen LogP contribution in [0.5, 0.6) is 34.5 Å². The number of hydrogen-bond donors (Lipinski definition) is 0. The average molecular weight is 1150 g/mol. The van der Waals surface area contributed by atoms with Gasteiger partial charge in [-0.1, -0.05) is 211 Å². The highest BCUT2D eigenvalue weighted by molar-refractivity contribution is 7.28. The zero-order valence-electron chi connectivity index (χ0n) is 47.1. The Hall–Kier alpha value is -10.5. The fraction of sp³-hybridized carbons (Fsp3) is 0. The molecule has 13 aromatic carbocycles. The van der Waals surface area contributed by atoms with Crippen LogP contribution in [0.1, 0.15) is 0 Å². The minimum absolute atomic E-state index is 0.295. The lowest BCUT2D eigenvalue weighted by molar-refractivity contribution is 0.453. The zero-order valence-corrected chi connectivity index (χ0v) is 48.8. The first kappa shape index (κ1) is 48.7. The molecule has 3 aliphatic heterocycles. The standard InChI is InChI=1S/C78H45B3N2O3S2/c1-9-34-62-49(22-1)50-23-2-10-35-63(50)83(62)48-42-43-65-56(45-48)51-24-3-11-36-64(51)82(65)47-21-17-20-46(44-47)79-57-29-6-12-37-66(57)84-74-71(79)75-73(80(58-30-7-13-38-67(58)85-75)60-32-18-27-54-52-25-4-15-40-69(52)87-77(54)60)76-72(74)81(59-31-8-14-39-68(59)86-76)61-33-19-28-55-53-26-5-16-41-70(53)88-78(55)61/h1-45H. The minimum atomic E-state index is -0.349. The zero-order chi connectivity index (χ0) is 57.3. The largest absolute Gasteiger partial charge is 0.459 e. The van der Waals surface area contributed by atoms with E-state index < -0.39 is 0 Å². The summed E-state index contributed by atoms with van der Waals surface area (Å²) in [4.78, 5) is 0. The molecule has 0 aliphatic carbocycles. The van der Waals surface area contributed by atoms with Gasteiger partial charge in [0.2, 0.25) is 0 Å². The second kappa shape index (κ2) is 18.5. The molecule has 20 rings (SSSR count). The fourth-order valence-corrected chi connectivity index (χ4v) is 18.0. The molecule has 4 aromatic heterocycles. The number of nitrogens with zero attached hydrogens (tertiary/aromatic N) is 2. The van der Waals surface area contributed by atoms with Gasteiger partial charge in [0.1, 0.15) is 34.5 Å². The summed E-state index contributed by atoms with van der Waals surface area (Å²) in [7, 11) is 0. The van der Waals surface area contributed by atoms with Crippen molar-refractivity contribution >= 4 is 176 Å². The lowest BCUT2D eigenvalue weighted by atomic mass is 9.28. The Morgan fingerprint density at radius 1 is 0.261 bits per heavy atom. The van der Waals surface area contributed by atoms with Gasteiger partial charge in [-0.2, -0.15) is 0 Å². The van der Waals surface area contributed by atoms with Gasteiger partial charge in [0.05, 0.1) is 22.1 Å². The van der Waals surface area contributed by atoms with Gasteiger partial charge in [-0.05, 0) is 106 Å². The SMILES string of the molecule is c1cc(B2c3ccccc3Oc3c2c2c(c4c3B(c3cccc5c3sc3ccccc35)c3ccccc3O4)B(c3cccc4c3sc3ccccc34)c3ccccc3O2)cc(-n2c3ccccc3c3cc(-n4c5ccccc5c5ccccc54)ccc32)c1. The summed E-state index contributed by atoms with van der Waals surface area (Å²) < 4.78 is 33.0. The number of rotatable bonds is 5. The van der Waals surface area contributed by atoms with Crippen molar-refractivity contribution < 1.29 is 14.2 Å². The molecule has 406 valence electrons. The van der Waals surface area contributed by atoms with Gasteiger partial charge in [-0.25, -0.2) is 0 Å². The predicted molar refractivity (Wildman–Crippen MR) is 374 cm³/mol. The van der Waals surface area contributed by atoms with Crippen molar-refractivity contribution in [2.24, 2.45) is 0 Å². The molecule has 0 saturated heterocycles. The molecule has 10 heteroatoms. The molecule has 17 aromatic rings. The van der Waals surface area contributed by atoms with Crippen molar-refractivity contribution in [3.05, 3.63) is 273 Å². The summed E-state index contributed by atoms with van der Waals surface area (Å²) in [5.74, 6) is 4.78. The van der Waals surface area contributed by atoms with Gasteiger partial charge in [0.25, 0.3) is 20.1 Å². The molecular weight excluding hydrogens is 1110 g/mol. The number of hydrogen-bond acceptors (Lipinski definition) is 5. The van der Waals surface area contributed by atoms with Crippen LogP contribution in [0, 0.1) is 0 Å². The maximum atomic E-state index is 7.72. The van der Waals surface area contributed by atoms with E-state index >= 15 is 0 Å². The van der Waals surface area contributed by atoms with Crippen molar-refractivity contribution in [1.29, 1.82) is 0 Å². The van der Waals surface area contributed by atoms with Gasteiger partial charge >= 0.3 is 0 Å². The first-order chi connectivity index (χ1) is 43.7. The molecule has 0 spiro atoms. The first-order valence-corrected chi connectivity index (χ1v) is 31.8. The van der Waals surface area contributed by atoms with Crippen LogP contribution in [0.15, 0.2) is 273 Å². The van der Waals surface area contributed by atoms with E-state index in [1.165, 1.54) is 83.8 Å². The van der Waals surface area contributed by atoms with E-state index in [1.54, 1.807) is 0 Å². The Kier molecular flexibility index (Phi) is 10.2. The Labute approximate surface area is 514 Å². The van der Waals surface area contributed by atoms with Crippen LogP contribution in [0.4, 0.5) is 0 Å². The van der Waals surface area contributed by atoms with Gasteiger partial charge < -0.3 is 23.3 Å². The van der Waals surface area contributed by atoms with E-state index in [9.17, 15) is 0 Å². The average Bonchev–Trinajstić information content (AvgIpc) is 1.33. The Bertz CT molecular complexity index is 5670. The molecule has 7 heterocycles. The molecule has 5 nitrogen and oxygen atoms in total. The molecule has 0 unspecified atom stereocenters. The third kappa shape index (κ3) is 6.78. The fourth-order valence-electron chi connectivity index (χ4n) is 15.5. The lowest BCUT2D eigenvalue weighted by Crippen LogP contribution is -2.66. The summed E-state index contributed by atoms with van der Waals surface area (Å²) in [6.07, 6.45) is 0. The monoisotopic (exact) mass is 1150 g/mol. The Balaban J connectivity index is 0.873. The summed E-state index contributed by atoms with van der Waals surface area (Å²) in [5.41, 5.74) is 16.7. The molecule has 0 atom stereocenters. The number of benzene rings is 13. The third-order valence-corrected chi connectivity index (χ3v) is 21.6. The maximum Gasteiger partial charge on any atom is 0.257 e. The van der Waals surface area contributed by atoms with Crippen molar-refractivity contribution in [3.63, 3.8) is 0 Å². The third-order valence-electron chi connectivity index (χ3n) is 19.1. The summed E-state index contributed by atoms with van der Waals surface area (Å²) in [5, 5.41) is 9.89. The second-order valence-electron chi connectivity index (χ2n) is 23.6. The molecule has 88 heavy (non-hydrogen) atoms. The van der Waals surface area contributed by atoms with Crippen molar-refractivity contribution in [3.8, 4) is 45.9 Å². The van der Waals surface area contributed by atoms with Gasteiger partial charge in [0, 0.05) is 78.9 Å². The number of para-hydroxylation sites is 6. The highest BCUT2D eigenvalue weighted by atomic mass is 32.1. The molecular formula is C78H45B3N2O3S2.